The van der Waals surface area contributed by atoms with E-state index in [-0.39, 0.29) is 6.10 Å². The van der Waals surface area contributed by atoms with Gasteiger partial charge in [-0.2, -0.15) is 0 Å². The van der Waals surface area contributed by atoms with Gasteiger partial charge in [0.15, 0.2) is 0 Å². The predicted octanol–water partition coefficient (Wildman–Crippen LogP) is 3.29. The fraction of sp³-hybridized carbons (Fsp3) is 0.625. The Hall–Kier alpha value is -0.570. The molecule has 0 spiro atoms. The van der Waals surface area contributed by atoms with Crippen molar-refractivity contribution in [3.05, 3.63) is 34.9 Å². The zero-order valence-electron chi connectivity index (χ0n) is 11.6. The van der Waals surface area contributed by atoms with Crippen LogP contribution in [0.5, 0.6) is 0 Å². The first-order chi connectivity index (χ1) is 9.08. The number of nitrogens with zero attached hydrogens (tertiary/aromatic N) is 1. The Labute approximate surface area is 120 Å². The summed E-state index contributed by atoms with van der Waals surface area (Å²) >= 11 is 5.98. The highest BCUT2D eigenvalue weighted by atomic mass is 35.5. The molecule has 1 aromatic rings. The Morgan fingerprint density at radius 3 is 2.58 bits per heavy atom. The van der Waals surface area contributed by atoms with Gasteiger partial charge in [0.2, 0.25) is 0 Å². The Morgan fingerprint density at radius 1 is 1.26 bits per heavy atom. The first kappa shape index (κ1) is 13.4. The lowest BCUT2D eigenvalue weighted by atomic mass is 9.74. The van der Waals surface area contributed by atoms with Gasteiger partial charge in [-0.15, -0.1) is 0 Å². The number of halogens is 1. The molecule has 19 heavy (non-hydrogen) atoms. The molecule has 1 unspecified atom stereocenters. The van der Waals surface area contributed by atoms with E-state index in [1.54, 1.807) is 0 Å². The maximum atomic E-state index is 10.2. The van der Waals surface area contributed by atoms with Gasteiger partial charge in [-0.3, -0.25) is 0 Å². The Balaban J connectivity index is 1.93. The number of fused-ring (bicyclic) bond motifs is 2. The summed E-state index contributed by atoms with van der Waals surface area (Å²) in [5.41, 5.74) is 1.33. The highest BCUT2D eigenvalue weighted by Crippen LogP contribution is 2.47. The molecule has 2 bridgehead atoms. The van der Waals surface area contributed by atoms with Crippen LogP contribution in [0.2, 0.25) is 5.02 Å². The van der Waals surface area contributed by atoms with Gasteiger partial charge in [0.25, 0.3) is 0 Å². The third-order valence-electron chi connectivity index (χ3n) is 5.18. The molecule has 2 fully saturated rings. The number of hydrogen-bond donors (Lipinski definition) is 1. The molecule has 2 nitrogen and oxygen atoms in total. The van der Waals surface area contributed by atoms with E-state index in [4.69, 9.17) is 11.6 Å². The van der Waals surface area contributed by atoms with Crippen molar-refractivity contribution in [3.8, 4) is 0 Å². The minimum absolute atomic E-state index is 0.257. The molecule has 3 heteroatoms. The van der Waals surface area contributed by atoms with E-state index >= 15 is 0 Å². The number of piperidine rings is 1. The summed E-state index contributed by atoms with van der Waals surface area (Å²) < 4.78 is 0. The quantitative estimate of drug-likeness (QED) is 0.898. The van der Waals surface area contributed by atoms with Gasteiger partial charge < -0.3 is 10.0 Å². The Kier molecular flexibility index (Phi) is 3.59. The van der Waals surface area contributed by atoms with Crippen LogP contribution >= 0.6 is 11.6 Å². The summed E-state index contributed by atoms with van der Waals surface area (Å²) in [6.45, 7) is 1.94. The summed E-state index contributed by atoms with van der Waals surface area (Å²) in [4.78, 5) is 2.49. The van der Waals surface area contributed by atoms with Gasteiger partial charge in [-0.25, -0.2) is 0 Å². The topological polar surface area (TPSA) is 23.5 Å². The highest BCUT2D eigenvalue weighted by Gasteiger charge is 2.47. The zero-order chi connectivity index (χ0) is 13.6. The van der Waals surface area contributed by atoms with E-state index in [9.17, 15) is 5.11 Å². The van der Waals surface area contributed by atoms with E-state index in [0.29, 0.717) is 23.9 Å². The number of benzene rings is 1. The van der Waals surface area contributed by atoms with Crippen LogP contribution in [0.15, 0.2) is 24.3 Å². The highest BCUT2D eigenvalue weighted by molar-refractivity contribution is 6.30. The molecule has 3 rings (SSSR count). The minimum atomic E-state index is -0.257. The average molecular weight is 280 g/mol. The largest absolute Gasteiger partial charge is 0.393 e. The SMILES string of the molecule is CC(O)[C@H]1[C@@H](c2ccc(Cl)cc2)C[C@@H]2CC[C@H]1N2C. The molecule has 0 saturated carbocycles. The van der Waals surface area contributed by atoms with Crippen LogP contribution < -0.4 is 0 Å². The lowest BCUT2D eigenvalue weighted by Gasteiger charge is -2.44. The molecule has 2 heterocycles. The lowest BCUT2D eigenvalue weighted by molar-refractivity contribution is 0.0137. The molecule has 2 aliphatic rings. The summed E-state index contributed by atoms with van der Waals surface area (Å²) in [5, 5.41) is 11.0. The number of rotatable bonds is 2. The van der Waals surface area contributed by atoms with Gasteiger partial charge in [0, 0.05) is 23.0 Å². The zero-order valence-corrected chi connectivity index (χ0v) is 12.3. The standard InChI is InChI=1S/C16H22ClNO/c1-10(19)16-14(11-3-5-12(17)6-4-11)9-13-7-8-15(16)18(13)2/h3-6,10,13-16,19H,7-9H2,1-2H3/t10?,13-,14+,15+,16-/m0/s1. The smallest absolute Gasteiger partial charge is 0.0561 e. The molecular formula is C16H22ClNO. The van der Waals surface area contributed by atoms with Gasteiger partial charge in [0.05, 0.1) is 6.10 Å². The monoisotopic (exact) mass is 279 g/mol. The van der Waals surface area contributed by atoms with Crippen molar-refractivity contribution in [2.45, 2.75) is 50.3 Å². The molecule has 0 amide bonds. The van der Waals surface area contributed by atoms with E-state index in [1.807, 2.05) is 19.1 Å². The van der Waals surface area contributed by atoms with E-state index in [2.05, 4.69) is 24.1 Å². The van der Waals surface area contributed by atoms with Crippen molar-refractivity contribution < 1.29 is 5.11 Å². The fourth-order valence-electron chi connectivity index (χ4n) is 4.23. The second-order valence-corrected chi connectivity index (χ2v) is 6.61. The van der Waals surface area contributed by atoms with Crippen LogP contribution in [-0.4, -0.2) is 35.2 Å². The average Bonchev–Trinajstić information content (AvgIpc) is 2.63. The fourth-order valence-corrected chi connectivity index (χ4v) is 4.36. The number of aliphatic hydroxyl groups excluding tert-OH is 1. The summed E-state index contributed by atoms with van der Waals surface area (Å²) in [7, 11) is 2.22. The summed E-state index contributed by atoms with van der Waals surface area (Å²) in [6, 6.07) is 9.41. The lowest BCUT2D eigenvalue weighted by Crippen LogP contribution is -2.49. The van der Waals surface area contributed by atoms with Crippen LogP contribution in [0.4, 0.5) is 0 Å². The molecular weight excluding hydrogens is 258 g/mol. The molecule has 5 atom stereocenters. The Bertz CT molecular complexity index is 445. The van der Waals surface area contributed by atoms with Gasteiger partial charge >= 0.3 is 0 Å². The molecule has 1 aromatic carbocycles. The van der Waals surface area contributed by atoms with Crippen molar-refractivity contribution in [1.82, 2.24) is 4.90 Å². The summed E-state index contributed by atoms with van der Waals surface area (Å²) in [5.74, 6) is 0.802. The van der Waals surface area contributed by atoms with Crippen molar-refractivity contribution in [2.24, 2.45) is 5.92 Å². The van der Waals surface area contributed by atoms with Crippen LogP contribution in [0, 0.1) is 5.92 Å². The van der Waals surface area contributed by atoms with E-state index in [0.717, 1.165) is 11.4 Å². The molecule has 0 radical (unpaired) electrons. The van der Waals surface area contributed by atoms with Crippen LogP contribution in [0.25, 0.3) is 0 Å². The van der Waals surface area contributed by atoms with Gasteiger partial charge in [0.1, 0.15) is 0 Å². The second-order valence-electron chi connectivity index (χ2n) is 6.18. The third kappa shape index (κ3) is 2.31. The minimum Gasteiger partial charge on any atom is -0.393 e. The van der Waals surface area contributed by atoms with Gasteiger partial charge in [-0.05, 0) is 56.8 Å². The molecule has 2 aliphatic heterocycles. The second kappa shape index (κ2) is 5.08. The Morgan fingerprint density at radius 2 is 1.95 bits per heavy atom. The number of aliphatic hydroxyl groups is 1. The number of hydrogen-bond acceptors (Lipinski definition) is 2. The molecule has 104 valence electrons. The summed E-state index contributed by atoms with van der Waals surface area (Å²) in [6.07, 6.45) is 3.40. The van der Waals surface area contributed by atoms with Crippen LogP contribution in [-0.2, 0) is 0 Å². The van der Waals surface area contributed by atoms with Gasteiger partial charge in [-0.1, -0.05) is 23.7 Å². The van der Waals surface area contributed by atoms with Crippen molar-refractivity contribution in [3.63, 3.8) is 0 Å². The van der Waals surface area contributed by atoms with E-state index < -0.39 is 0 Å². The predicted molar refractivity (Wildman–Crippen MR) is 78.6 cm³/mol. The van der Waals surface area contributed by atoms with Crippen molar-refractivity contribution in [2.75, 3.05) is 7.05 Å². The van der Waals surface area contributed by atoms with Crippen LogP contribution in [0.1, 0.15) is 37.7 Å². The van der Waals surface area contributed by atoms with Crippen LogP contribution in [0.3, 0.4) is 0 Å². The maximum absolute atomic E-state index is 10.2. The van der Waals surface area contributed by atoms with E-state index in [1.165, 1.54) is 18.4 Å². The molecule has 1 N–H and O–H groups in total. The first-order valence-corrected chi connectivity index (χ1v) is 7.61. The normalized spacial score (nSPS) is 36.4. The third-order valence-corrected chi connectivity index (χ3v) is 5.44. The molecule has 2 saturated heterocycles. The first-order valence-electron chi connectivity index (χ1n) is 7.23. The van der Waals surface area contributed by atoms with Crippen molar-refractivity contribution in [1.29, 1.82) is 0 Å². The van der Waals surface area contributed by atoms with Crippen molar-refractivity contribution >= 4 is 11.6 Å². The molecule has 0 aliphatic carbocycles. The molecule has 0 aromatic heterocycles. The maximum Gasteiger partial charge on any atom is 0.0561 e.